The van der Waals surface area contributed by atoms with Crippen molar-refractivity contribution in [2.45, 2.75) is 50.8 Å². The van der Waals surface area contributed by atoms with Crippen molar-refractivity contribution in [3.05, 3.63) is 0 Å². The van der Waals surface area contributed by atoms with E-state index in [1.807, 2.05) is 0 Å². The Morgan fingerprint density at radius 2 is 2.00 bits per heavy atom. The molecule has 0 spiro atoms. The predicted molar refractivity (Wildman–Crippen MR) is 61.0 cm³/mol. The van der Waals surface area contributed by atoms with Crippen LogP contribution in [0.2, 0.25) is 0 Å². The maximum absolute atomic E-state index is 11.6. The first-order valence-corrected chi connectivity index (χ1v) is 5.95. The SMILES string of the molecule is CCOC(=O)C(N)C(=O)NC1CCC(O)CC1. The van der Waals surface area contributed by atoms with Crippen molar-refractivity contribution in [3.8, 4) is 0 Å². The highest BCUT2D eigenvalue weighted by molar-refractivity contribution is 6.01. The van der Waals surface area contributed by atoms with Gasteiger partial charge in [-0.3, -0.25) is 4.79 Å². The van der Waals surface area contributed by atoms with Crippen molar-refractivity contribution in [1.29, 1.82) is 0 Å². The molecular weight excluding hydrogens is 224 g/mol. The van der Waals surface area contributed by atoms with E-state index in [4.69, 9.17) is 5.73 Å². The van der Waals surface area contributed by atoms with Gasteiger partial charge >= 0.3 is 5.97 Å². The van der Waals surface area contributed by atoms with Crippen molar-refractivity contribution >= 4 is 11.9 Å². The number of carbonyl (C=O) groups excluding carboxylic acids is 2. The fraction of sp³-hybridized carbons (Fsp3) is 0.818. The molecule has 1 amide bonds. The number of rotatable bonds is 4. The van der Waals surface area contributed by atoms with E-state index in [0.29, 0.717) is 25.7 Å². The highest BCUT2D eigenvalue weighted by atomic mass is 16.5. The summed E-state index contributed by atoms with van der Waals surface area (Å²) in [6.07, 6.45) is 2.48. The molecule has 0 aliphatic heterocycles. The summed E-state index contributed by atoms with van der Waals surface area (Å²) in [5, 5.41) is 12.0. The van der Waals surface area contributed by atoms with Crippen LogP contribution in [0.4, 0.5) is 0 Å². The van der Waals surface area contributed by atoms with E-state index in [0.717, 1.165) is 0 Å². The highest BCUT2D eigenvalue weighted by Gasteiger charge is 2.27. The normalized spacial score (nSPS) is 26.1. The van der Waals surface area contributed by atoms with Crippen LogP contribution in [0, 0.1) is 0 Å². The smallest absolute Gasteiger partial charge is 0.332 e. The van der Waals surface area contributed by atoms with E-state index in [2.05, 4.69) is 10.1 Å². The van der Waals surface area contributed by atoms with E-state index in [1.165, 1.54) is 0 Å². The third-order valence-electron chi connectivity index (χ3n) is 2.87. The van der Waals surface area contributed by atoms with Gasteiger partial charge in [0.1, 0.15) is 0 Å². The highest BCUT2D eigenvalue weighted by Crippen LogP contribution is 2.18. The van der Waals surface area contributed by atoms with Crippen LogP contribution >= 0.6 is 0 Å². The average Bonchev–Trinajstić information content (AvgIpc) is 2.31. The molecule has 1 saturated carbocycles. The van der Waals surface area contributed by atoms with Gasteiger partial charge in [-0.15, -0.1) is 0 Å². The number of esters is 1. The summed E-state index contributed by atoms with van der Waals surface area (Å²) in [5.41, 5.74) is 5.46. The Labute approximate surface area is 101 Å². The first kappa shape index (κ1) is 13.9. The molecule has 1 atom stereocenters. The van der Waals surface area contributed by atoms with Crippen LogP contribution in [0.1, 0.15) is 32.6 Å². The van der Waals surface area contributed by atoms with Gasteiger partial charge in [0.15, 0.2) is 6.04 Å². The average molecular weight is 244 g/mol. The fourth-order valence-electron chi connectivity index (χ4n) is 1.85. The van der Waals surface area contributed by atoms with Gasteiger partial charge in [-0.05, 0) is 32.6 Å². The van der Waals surface area contributed by atoms with Crippen molar-refractivity contribution in [2.75, 3.05) is 6.61 Å². The van der Waals surface area contributed by atoms with Crippen LogP contribution in [0.25, 0.3) is 0 Å². The largest absolute Gasteiger partial charge is 0.464 e. The minimum absolute atomic E-state index is 0.00798. The minimum atomic E-state index is -1.26. The van der Waals surface area contributed by atoms with Crippen LogP contribution in [0.5, 0.6) is 0 Å². The number of nitrogens with two attached hydrogens (primary N) is 1. The number of aliphatic hydroxyl groups excluding tert-OH is 1. The van der Waals surface area contributed by atoms with Gasteiger partial charge in [0.05, 0.1) is 12.7 Å². The van der Waals surface area contributed by atoms with Gasteiger partial charge in [-0.25, -0.2) is 4.79 Å². The molecule has 0 bridgehead atoms. The monoisotopic (exact) mass is 244 g/mol. The summed E-state index contributed by atoms with van der Waals surface area (Å²) in [6, 6.07) is -1.27. The summed E-state index contributed by atoms with van der Waals surface area (Å²) < 4.78 is 4.67. The molecule has 98 valence electrons. The summed E-state index contributed by atoms with van der Waals surface area (Å²) >= 11 is 0. The number of aliphatic hydroxyl groups is 1. The number of hydrogen-bond acceptors (Lipinski definition) is 5. The Bertz CT molecular complexity index is 275. The molecule has 0 heterocycles. The van der Waals surface area contributed by atoms with Gasteiger partial charge in [-0.2, -0.15) is 0 Å². The van der Waals surface area contributed by atoms with E-state index < -0.39 is 17.9 Å². The van der Waals surface area contributed by atoms with E-state index >= 15 is 0 Å². The molecular formula is C11H20N2O4. The zero-order valence-corrected chi connectivity index (χ0v) is 10.0. The van der Waals surface area contributed by atoms with Gasteiger partial charge in [-0.1, -0.05) is 0 Å². The van der Waals surface area contributed by atoms with E-state index in [9.17, 15) is 14.7 Å². The lowest BCUT2D eigenvalue weighted by Crippen LogP contribution is -2.50. The Morgan fingerprint density at radius 3 is 2.53 bits per heavy atom. The molecule has 6 heteroatoms. The third kappa shape index (κ3) is 4.32. The van der Waals surface area contributed by atoms with Gasteiger partial charge in [0.25, 0.3) is 0 Å². The molecule has 0 saturated heterocycles. The molecule has 1 fully saturated rings. The number of ether oxygens (including phenoxy) is 1. The lowest BCUT2D eigenvalue weighted by Gasteiger charge is -2.26. The second-order valence-corrected chi connectivity index (χ2v) is 4.24. The molecule has 17 heavy (non-hydrogen) atoms. The predicted octanol–water partition coefficient (Wildman–Crippen LogP) is -0.703. The number of amides is 1. The second kappa shape index (κ2) is 6.56. The molecule has 4 N–H and O–H groups in total. The van der Waals surface area contributed by atoms with Gasteiger partial charge in [0.2, 0.25) is 5.91 Å². The lowest BCUT2D eigenvalue weighted by molar-refractivity contribution is -0.148. The van der Waals surface area contributed by atoms with Crippen molar-refractivity contribution in [1.82, 2.24) is 5.32 Å². The summed E-state index contributed by atoms with van der Waals surface area (Å²) in [7, 11) is 0. The zero-order valence-electron chi connectivity index (χ0n) is 10.0. The third-order valence-corrected chi connectivity index (χ3v) is 2.87. The van der Waals surface area contributed by atoms with Gasteiger partial charge < -0.3 is 20.9 Å². The molecule has 1 aliphatic carbocycles. The first-order chi connectivity index (χ1) is 8.04. The number of hydrogen-bond donors (Lipinski definition) is 3. The van der Waals surface area contributed by atoms with E-state index in [-0.39, 0.29) is 18.8 Å². The lowest BCUT2D eigenvalue weighted by atomic mass is 9.93. The van der Waals surface area contributed by atoms with E-state index in [1.54, 1.807) is 6.92 Å². The van der Waals surface area contributed by atoms with Crippen molar-refractivity contribution in [3.63, 3.8) is 0 Å². The zero-order chi connectivity index (χ0) is 12.8. The van der Waals surface area contributed by atoms with Crippen LogP contribution in [-0.2, 0) is 14.3 Å². The molecule has 0 radical (unpaired) electrons. The van der Waals surface area contributed by atoms with Crippen molar-refractivity contribution in [2.24, 2.45) is 5.73 Å². The molecule has 1 rings (SSSR count). The Morgan fingerprint density at radius 1 is 1.41 bits per heavy atom. The molecule has 0 aromatic rings. The van der Waals surface area contributed by atoms with Crippen LogP contribution in [-0.4, -0.2) is 41.8 Å². The van der Waals surface area contributed by atoms with Crippen molar-refractivity contribution < 1.29 is 19.4 Å². The number of nitrogens with one attached hydrogen (secondary N) is 1. The first-order valence-electron chi connectivity index (χ1n) is 5.95. The summed E-state index contributed by atoms with van der Waals surface area (Å²) in [4.78, 5) is 22.8. The fourth-order valence-corrected chi connectivity index (χ4v) is 1.85. The Balaban J connectivity index is 2.35. The quantitative estimate of drug-likeness (QED) is 0.448. The summed E-state index contributed by atoms with van der Waals surface area (Å²) in [6.45, 7) is 1.86. The summed E-state index contributed by atoms with van der Waals surface area (Å²) in [5.74, 6) is -1.22. The van der Waals surface area contributed by atoms with Crippen LogP contribution in [0.15, 0.2) is 0 Å². The second-order valence-electron chi connectivity index (χ2n) is 4.24. The molecule has 1 aliphatic rings. The molecule has 6 nitrogen and oxygen atoms in total. The maximum Gasteiger partial charge on any atom is 0.332 e. The topological polar surface area (TPSA) is 102 Å². The standard InChI is InChI=1S/C11H20N2O4/c1-2-17-11(16)9(12)10(15)13-7-3-5-8(14)6-4-7/h7-9,14H,2-6,12H2,1H3,(H,13,15). The Kier molecular flexibility index (Phi) is 5.37. The van der Waals surface area contributed by atoms with Crippen LogP contribution in [0.3, 0.4) is 0 Å². The maximum atomic E-state index is 11.6. The molecule has 1 unspecified atom stereocenters. The van der Waals surface area contributed by atoms with Crippen LogP contribution < -0.4 is 11.1 Å². The molecule has 0 aromatic heterocycles. The minimum Gasteiger partial charge on any atom is -0.464 e. The van der Waals surface area contributed by atoms with Gasteiger partial charge in [0, 0.05) is 6.04 Å². The number of carbonyl (C=O) groups is 2. The molecule has 0 aromatic carbocycles. The Hall–Kier alpha value is -1.14.